The van der Waals surface area contributed by atoms with Crippen LogP contribution in [-0.2, 0) is 17.8 Å². The maximum Gasteiger partial charge on any atom is 0.222 e. The second kappa shape index (κ2) is 9.02. The molecule has 3 heterocycles. The summed E-state index contributed by atoms with van der Waals surface area (Å²) in [5, 5.41) is 0.938. The number of unbranched alkanes of at least 4 members (excludes halogenated alkanes) is 1. The molecule has 168 valence electrons. The fraction of sp³-hybridized carbons (Fsp3) is 0.423. The molecule has 0 atom stereocenters. The molecule has 2 aliphatic rings. The molecule has 4 nitrogen and oxygen atoms in total. The Morgan fingerprint density at radius 1 is 0.844 bits per heavy atom. The largest absolute Gasteiger partial charge is 0.343 e. The third kappa shape index (κ3) is 4.16. The molecule has 2 aliphatic heterocycles. The van der Waals surface area contributed by atoms with Crippen LogP contribution in [-0.4, -0.2) is 46.5 Å². The Morgan fingerprint density at radius 3 is 2.44 bits per heavy atom. The van der Waals surface area contributed by atoms with Crippen LogP contribution in [0.4, 0.5) is 8.78 Å². The Balaban J connectivity index is 1.32. The maximum absolute atomic E-state index is 14.1. The molecule has 0 saturated carbocycles. The smallest absolute Gasteiger partial charge is 0.222 e. The maximum atomic E-state index is 14.1. The van der Waals surface area contributed by atoms with Crippen molar-refractivity contribution < 1.29 is 13.6 Å². The summed E-state index contributed by atoms with van der Waals surface area (Å²) in [7, 11) is 0. The zero-order chi connectivity index (χ0) is 22.1. The minimum Gasteiger partial charge on any atom is -0.343 e. The second-order valence-corrected chi connectivity index (χ2v) is 8.97. The quantitative estimate of drug-likeness (QED) is 0.505. The zero-order valence-electron chi connectivity index (χ0n) is 18.3. The normalized spacial score (nSPS) is 17.2. The Hall–Kier alpha value is -2.73. The van der Waals surface area contributed by atoms with E-state index < -0.39 is 0 Å². The van der Waals surface area contributed by atoms with Gasteiger partial charge in [0.15, 0.2) is 0 Å². The van der Waals surface area contributed by atoms with Gasteiger partial charge < -0.3 is 9.47 Å². The molecule has 0 bridgehead atoms. The molecule has 0 radical (unpaired) electrons. The Labute approximate surface area is 187 Å². The third-order valence-corrected chi connectivity index (χ3v) is 6.85. The molecule has 1 aromatic heterocycles. The van der Waals surface area contributed by atoms with Gasteiger partial charge in [-0.25, -0.2) is 8.78 Å². The topological polar surface area (TPSA) is 28.5 Å². The van der Waals surface area contributed by atoms with Gasteiger partial charge in [0, 0.05) is 55.8 Å². The van der Waals surface area contributed by atoms with Crippen LogP contribution in [0.5, 0.6) is 0 Å². The van der Waals surface area contributed by atoms with Crippen LogP contribution in [0.3, 0.4) is 0 Å². The molecule has 2 aromatic carbocycles. The summed E-state index contributed by atoms with van der Waals surface area (Å²) in [5.41, 5.74) is 4.23. The summed E-state index contributed by atoms with van der Waals surface area (Å²) in [6.45, 7) is 4.45. The van der Waals surface area contributed by atoms with E-state index in [2.05, 4.69) is 9.47 Å². The highest BCUT2D eigenvalue weighted by Crippen LogP contribution is 2.34. The van der Waals surface area contributed by atoms with Crippen molar-refractivity contribution in [2.24, 2.45) is 0 Å². The first-order chi connectivity index (χ1) is 15.6. The van der Waals surface area contributed by atoms with E-state index in [1.807, 2.05) is 11.0 Å². The lowest BCUT2D eigenvalue weighted by Crippen LogP contribution is -2.36. The number of hydrogen-bond donors (Lipinski definition) is 0. The van der Waals surface area contributed by atoms with Gasteiger partial charge in [-0.15, -0.1) is 0 Å². The van der Waals surface area contributed by atoms with E-state index in [1.165, 1.54) is 29.5 Å². The van der Waals surface area contributed by atoms with Crippen molar-refractivity contribution in [3.63, 3.8) is 0 Å². The summed E-state index contributed by atoms with van der Waals surface area (Å²) in [6.07, 6.45) is 5.77. The minimum atomic E-state index is -0.262. The van der Waals surface area contributed by atoms with Crippen molar-refractivity contribution in [2.45, 2.75) is 45.1 Å². The van der Waals surface area contributed by atoms with Crippen LogP contribution < -0.4 is 0 Å². The lowest BCUT2D eigenvalue weighted by atomic mass is 10.0. The molecular weight excluding hydrogens is 408 g/mol. The first kappa shape index (κ1) is 21.1. The van der Waals surface area contributed by atoms with Gasteiger partial charge in [-0.1, -0.05) is 0 Å². The zero-order valence-corrected chi connectivity index (χ0v) is 18.3. The van der Waals surface area contributed by atoms with E-state index in [-0.39, 0.29) is 11.6 Å². The molecule has 6 heteroatoms. The Bertz CT molecular complexity index is 1120. The molecule has 0 aliphatic carbocycles. The molecule has 0 spiro atoms. The number of carbonyl (C=O) groups is 1. The summed E-state index contributed by atoms with van der Waals surface area (Å²) < 4.78 is 29.8. The average Bonchev–Trinajstić information content (AvgIpc) is 3.11. The number of aromatic nitrogens is 1. The Kier molecular flexibility index (Phi) is 5.96. The number of hydrogen-bond acceptors (Lipinski definition) is 2. The lowest BCUT2D eigenvalue weighted by molar-refractivity contribution is -0.133. The number of fused-ring (bicyclic) bond motifs is 3. The summed E-state index contributed by atoms with van der Waals surface area (Å²) >= 11 is 0. The van der Waals surface area contributed by atoms with Crippen molar-refractivity contribution in [1.29, 1.82) is 0 Å². The van der Waals surface area contributed by atoms with Gasteiger partial charge in [0.25, 0.3) is 0 Å². The predicted molar refractivity (Wildman–Crippen MR) is 122 cm³/mol. The van der Waals surface area contributed by atoms with Gasteiger partial charge in [-0.2, -0.15) is 0 Å². The van der Waals surface area contributed by atoms with Gasteiger partial charge in [0.2, 0.25) is 5.91 Å². The van der Waals surface area contributed by atoms with Crippen molar-refractivity contribution in [2.75, 3.05) is 26.2 Å². The summed E-state index contributed by atoms with van der Waals surface area (Å²) in [4.78, 5) is 16.4. The van der Waals surface area contributed by atoms with Crippen LogP contribution in [0.2, 0.25) is 0 Å². The Morgan fingerprint density at radius 2 is 1.62 bits per heavy atom. The monoisotopic (exact) mass is 437 g/mol. The molecular formula is C26H29F2N3O. The van der Waals surface area contributed by atoms with Crippen molar-refractivity contribution >= 4 is 16.8 Å². The van der Waals surface area contributed by atoms with E-state index in [0.717, 1.165) is 81.4 Å². The number of rotatable bonds is 6. The van der Waals surface area contributed by atoms with Gasteiger partial charge in [-0.3, -0.25) is 9.69 Å². The molecule has 3 aromatic rings. The molecule has 0 unspecified atom stereocenters. The predicted octanol–water partition coefficient (Wildman–Crippen LogP) is 5.06. The number of likely N-dealkylation sites (tertiary alicyclic amines) is 1. The second-order valence-electron chi connectivity index (χ2n) is 8.97. The summed E-state index contributed by atoms with van der Waals surface area (Å²) in [6, 6.07) is 11.5. The van der Waals surface area contributed by atoms with Crippen LogP contribution >= 0.6 is 0 Å². The number of halogens is 2. The SMILES string of the molecule is O=C1CCCCN1CCCCN1CCc2c(c3cc(F)ccc3n2-c2ccc(F)cc2)C1. The number of piperidine rings is 1. The number of carbonyl (C=O) groups excluding carboxylic acids is 1. The van der Waals surface area contributed by atoms with Crippen LogP contribution in [0.15, 0.2) is 42.5 Å². The average molecular weight is 438 g/mol. The van der Waals surface area contributed by atoms with Crippen LogP contribution in [0.1, 0.15) is 43.4 Å². The molecule has 32 heavy (non-hydrogen) atoms. The van der Waals surface area contributed by atoms with Crippen molar-refractivity contribution in [3.05, 3.63) is 65.4 Å². The van der Waals surface area contributed by atoms with Crippen molar-refractivity contribution in [3.8, 4) is 5.69 Å². The van der Waals surface area contributed by atoms with E-state index >= 15 is 0 Å². The van der Waals surface area contributed by atoms with Gasteiger partial charge in [-0.05, 0) is 80.3 Å². The van der Waals surface area contributed by atoms with Crippen molar-refractivity contribution in [1.82, 2.24) is 14.4 Å². The highest BCUT2D eigenvalue weighted by Gasteiger charge is 2.25. The number of amides is 1. The first-order valence-electron chi connectivity index (χ1n) is 11.7. The van der Waals surface area contributed by atoms with E-state index in [4.69, 9.17) is 0 Å². The standard InChI is InChI=1S/C26H29F2N3O/c27-19-6-9-21(10-7-19)31-24-11-8-20(28)17-22(24)23-18-29(16-12-25(23)31)13-3-4-15-30-14-2-1-5-26(30)32/h6-11,17H,1-5,12-16,18H2. The molecule has 1 saturated heterocycles. The van der Waals surface area contributed by atoms with Gasteiger partial charge in [0.05, 0.1) is 5.52 Å². The highest BCUT2D eigenvalue weighted by atomic mass is 19.1. The fourth-order valence-electron chi connectivity index (χ4n) is 5.20. The van der Waals surface area contributed by atoms with Gasteiger partial charge in [0.1, 0.15) is 11.6 Å². The minimum absolute atomic E-state index is 0.236. The third-order valence-electron chi connectivity index (χ3n) is 6.85. The summed E-state index contributed by atoms with van der Waals surface area (Å²) in [5.74, 6) is -0.197. The van der Waals surface area contributed by atoms with Crippen LogP contribution in [0.25, 0.3) is 16.6 Å². The molecule has 5 rings (SSSR count). The molecule has 1 amide bonds. The first-order valence-corrected chi connectivity index (χ1v) is 11.7. The van der Waals surface area contributed by atoms with Crippen LogP contribution in [0, 0.1) is 11.6 Å². The molecule has 0 N–H and O–H groups in total. The highest BCUT2D eigenvalue weighted by molar-refractivity contribution is 5.87. The van der Waals surface area contributed by atoms with E-state index in [0.29, 0.717) is 12.3 Å². The van der Waals surface area contributed by atoms with Gasteiger partial charge >= 0.3 is 0 Å². The molecule has 1 fully saturated rings. The fourth-order valence-corrected chi connectivity index (χ4v) is 5.20. The lowest BCUT2D eigenvalue weighted by Gasteiger charge is -2.29. The number of nitrogens with zero attached hydrogens (tertiary/aromatic N) is 3. The van der Waals surface area contributed by atoms with E-state index in [9.17, 15) is 13.6 Å². The van der Waals surface area contributed by atoms with E-state index in [1.54, 1.807) is 18.2 Å². The number of benzene rings is 2.